The molecular weight excluding hydrogens is 420 g/mol. The van der Waals surface area contributed by atoms with E-state index < -0.39 is 0 Å². The number of aliphatic imine (C=N–C) groups is 1. The third-order valence-corrected chi connectivity index (χ3v) is 8.45. The number of ketones is 1. The second-order valence-corrected chi connectivity index (χ2v) is 10.8. The van der Waals surface area contributed by atoms with Gasteiger partial charge in [0.2, 0.25) is 0 Å². The molecule has 3 aromatic rings. The van der Waals surface area contributed by atoms with Crippen LogP contribution in [-0.2, 0) is 5.41 Å². The lowest BCUT2D eigenvalue weighted by Crippen LogP contribution is -2.52. The fourth-order valence-corrected chi connectivity index (χ4v) is 6.24. The molecule has 2 fully saturated rings. The minimum Gasteiger partial charge on any atom is -0.369 e. The Morgan fingerprint density at radius 3 is 2.53 bits per heavy atom. The number of H-pyrrole nitrogens is 1. The third-order valence-electron chi connectivity index (χ3n) is 8.45. The minimum absolute atomic E-state index is 0.136. The molecule has 1 saturated heterocycles. The second-order valence-electron chi connectivity index (χ2n) is 10.8. The molecule has 0 spiro atoms. The SMILES string of the molecule is C/N=C\c1ccc2c3c([nH]c2c1)C(C)(C)c1cc(N2CCN(C4CCC4)CC2)c(C)cc1C3=O. The van der Waals surface area contributed by atoms with Crippen LogP contribution in [0.3, 0.4) is 0 Å². The van der Waals surface area contributed by atoms with Crippen LogP contribution in [0.15, 0.2) is 35.3 Å². The molecule has 2 heterocycles. The number of aromatic nitrogens is 1. The van der Waals surface area contributed by atoms with E-state index in [0.717, 1.165) is 71.1 Å². The van der Waals surface area contributed by atoms with Gasteiger partial charge in [-0.1, -0.05) is 32.4 Å². The number of hydrogen-bond acceptors (Lipinski definition) is 4. The van der Waals surface area contributed by atoms with E-state index in [2.05, 4.69) is 64.8 Å². The van der Waals surface area contributed by atoms with Crippen molar-refractivity contribution in [3.05, 3.63) is 63.8 Å². The summed E-state index contributed by atoms with van der Waals surface area (Å²) < 4.78 is 0. The molecule has 2 aliphatic carbocycles. The maximum Gasteiger partial charge on any atom is 0.195 e. The van der Waals surface area contributed by atoms with Gasteiger partial charge in [-0.25, -0.2) is 0 Å². The molecule has 0 unspecified atom stereocenters. The standard InChI is InChI=1S/C29H34N4O/c1-18-14-22-23(16-25(18)33-12-10-32(11-13-33)20-6-5-7-20)29(2,3)28-26(27(22)34)21-9-8-19(17-30-4)15-24(21)31-28/h8-9,14-17,20,31H,5-7,10-13H2,1-4H3/b30-17-. The summed E-state index contributed by atoms with van der Waals surface area (Å²) >= 11 is 0. The van der Waals surface area contributed by atoms with E-state index in [-0.39, 0.29) is 11.2 Å². The predicted octanol–water partition coefficient (Wildman–Crippen LogP) is 5.07. The van der Waals surface area contributed by atoms with Crippen molar-refractivity contribution in [1.82, 2.24) is 9.88 Å². The van der Waals surface area contributed by atoms with Crippen LogP contribution in [-0.4, -0.2) is 61.2 Å². The summed E-state index contributed by atoms with van der Waals surface area (Å²) in [5.41, 5.74) is 8.08. The van der Waals surface area contributed by atoms with Crippen LogP contribution in [0.2, 0.25) is 0 Å². The molecule has 176 valence electrons. The van der Waals surface area contributed by atoms with Crippen LogP contribution in [0, 0.1) is 6.92 Å². The van der Waals surface area contributed by atoms with Crippen molar-refractivity contribution in [2.45, 2.75) is 51.5 Å². The Bertz CT molecular complexity index is 1320. The van der Waals surface area contributed by atoms with Gasteiger partial charge in [0.25, 0.3) is 0 Å². The van der Waals surface area contributed by atoms with E-state index >= 15 is 0 Å². The Kier molecular flexibility index (Phi) is 4.96. The van der Waals surface area contributed by atoms with Crippen LogP contribution in [0.1, 0.15) is 71.4 Å². The van der Waals surface area contributed by atoms with Gasteiger partial charge in [0.1, 0.15) is 0 Å². The molecule has 1 saturated carbocycles. The third kappa shape index (κ3) is 3.17. The van der Waals surface area contributed by atoms with E-state index in [9.17, 15) is 4.79 Å². The number of carbonyl (C=O) groups is 1. The molecule has 0 radical (unpaired) electrons. The van der Waals surface area contributed by atoms with E-state index in [4.69, 9.17) is 0 Å². The zero-order valence-electron chi connectivity index (χ0n) is 20.7. The molecule has 0 atom stereocenters. The van der Waals surface area contributed by atoms with Crippen molar-refractivity contribution >= 4 is 28.6 Å². The zero-order valence-corrected chi connectivity index (χ0v) is 20.7. The number of anilines is 1. The van der Waals surface area contributed by atoms with E-state index in [0.29, 0.717) is 0 Å². The average molecular weight is 455 g/mol. The number of aromatic amines is 1. The topological polar surface area (TPSA) is 51.7 Å². The smallest absolute Gasteiger partial charge is 0.195 e. The maximum atomic E-state index is 13.8. The fourth-order valence-electron chi connectivity index (χ4n) is 6.24. The van der Waals surface area contributed by atoms with E-state index in [1.807, 2.05) is 12.3 Å². The number of hydrogen-bond donors (Lipinski definition) is 1. The number of nitrogens with zero attached hydrogens (tertiary/aromatic N) is 3. The first-order valence-electron chi connectivity index (χ1n) is 12.7. The summed E-state index contributed by atoms with van der Waals surface area (Å²) in [7, 11) is 1.78. The quantitative estimate of drug-likeness (QED) is 0.562. The second kappa shape index (κ2) is 7.81. The summed E-state index contributed by atoms with van der Waals surface area (Å²) in [6, 6.07) is 11.5. The van der Waals surface area contributed by atoms with Gasteiger partial charge in [-0.15, -0.1) is 0 Å². The van der Waals surface area contributed by atoms with Crippen molar-refractivity contribution < 1.29 is 4.79 Å². The molecule has 5 heteroatoms. The highest BCUT2D eigenvalue weighted by Crippen LogP contribution is 2.45. The maximum absolute atomic E-state index is 13.8. The highest BCUT2D eigenvalue weighted by Gasteiger charge is 2.40. The molecule has 1 aromatic heterocycles. The molecule has 6 rings (SSSR count). The Morgan fingerprint density at radius 1 is 1.09 bits per heavy atom. The number of piperazine rings is 1. The summed E-state index contributed by atoms with van der Waals surface area (Å²) in [4.78, 5) is 26.8. The first-order valence-corrected chi connectivity index (χ1v) is 12.7. The van der Waals surface area contributed by atoms with Crippen LogP contribution < -0.4 is 4.90 Å². The Balaban J connectivity index is 1.39. The van der Waals surface area contributed by atoms with Gasteiger partial charge in [0.05, 0.1) is 5.56 Å². The Morgan fingerprint density at radius 2 is 1.85 bits per heavy atom. The summed E-state index contributed by atoms with van der Waals surface area (Å²) in [5.74, 6) is 0.136. The molecule has 1 aliphatic heterocycles. The Hall–Kier alpha value is -2.92. The van der Waals surface area contributed by atoms with Gasteiger partial charge in [0.15, 0.2) is 5.78 Å². The molecular formula is C29H34N4O. The fraction of sp³-hybridized carbons (Fsp3) is 0.448. The molecule has 3 aliphatic rings. The van der Waals surface area contributed by atoms with Crippen LogP contribution in [0.25, 0.3) is 10.9 Å². The number of nitrogens with one attached hydrogen (secondary N) is 1. The predicted molar refractivity (Wildman–Crippen MR) is 140 cm³/mol. The van der Waals surface area contributed by atoms with Gasteiger partial charge >= 0.3 is 0 Å². The van der Waals surface area contributed by atoms with Crippen LogP contribution >= 0.6 is 0 Å². The first kappa shape index (κ1) is 21.6. The first-order chi connectivity index (χ1) is 16.4. The van der Waals surface area contributed by atoms with Crippen LogP contribution in [0.4, 0.5) is 5.69 Å². The van der Waals surface area contributed by atoms with E-state index in [1.54, 1.807) is 7.05 Å². The molecule has 0 bridgehead atoms. The van der Waals surface area contributed by atoms with Gasteiger partial charge in [-0.3, -0.25) is 14.7 Å². The lowest BCUT2D eigenvalue weighted by molar-refractivity contribution is 0.103. The van der Waals surface area contributed by atoms with Crippen molar-refractivity contribution in [3.63, 3.8) is 0 Å². The monoisotopic (exact) mass is 454 g/mol. The van der Waals surface area contributed by atoms with Gasteiger partial charge in [-0.05, 0) is 54.7 Å². The lowest BCUT2D eigenvalue weighted by atomic mass is 9.70. The lowest BCUT2D eigenvalue weighted by Gasteiger charge is -2.44. The average Bonchev–Trinajstić information content (AvgIpc) is 3.17. The van der Waals surface area contributed by atoms with Gasteiger partial charge in [0, 0.05) is 78.7 Å². The summed E-state index contributed by atoms with van der Waals surface area (Å²) in [5, 5.41) is 1.00. The largest absolute Gasteiger partial charge is 0.369 e. The van der Waals surface area contributed by atoms with Crippen molar-refractivity contribution in [1.29, 1.82) is 0 Å². The number of carbonyl (C=O) groups excluding carboxylic acids is 1. The summed E-state index contributed by atoms with van der Waals surface area (Å²) in [6.45, 7) is 11.0. The van der Waals surface area contributed by atoms with Gasteiger partial charge < -0.3 is 9.88 Å². The van der Waals surface area contributed by atoms with Crippen molar-refractivity contribution in [2.24, 2.45) is 4.99 Å². The number of benzene rings is 2. The van der Waals surface area contributed by atoms with Crippen molar-refractivity contribution in [3.8, 4) is 0 Å². The summed E-state index contributed by atoms with van der Waals surface area (Å²) in [6.07, 6.45) is 5.98. The molecule has 5 nitrogen and oxygen atoms in total. The molecule has 0 amide bonds. The highest BCUT2D eigenvalue weighted by atomic mass is 16.1. The zero-order chi connectivity index (χ0) is 23.6. The minimum atomic E-state index is -0.285. The number of fused-ring (bicyclic) bond motifs is 4. The van der Waals surface area contributed by atoms with Crippen molar-refractivity contribution in [2.75, 3.05) is 38.1 Å². The Labute approximate surface area is 201 Å². The van der Waals surface area contributed by atoms with Gasteiger partial charge in [-0.2, -0.15) is 0 Å². The van der Waals surface area contributed by atoms with E-state index in [1.165, 1.54) is 30.5 Å². The number of aryl methyl sites for hydroxylation is 1. The normalized spacial score (nSPS) is 20.6. The highest BCUT2D eigenvalue weighted by molar-refractivity contribution is 6.20. The molecule has 34 heavy (non-hydrogen) atoms. The number of rotatable bonds is 3. The molecule has 1 N–H and O–H groups in total. The van der Waals surface area contributed by atoms with Crippen LogP contribution in [0.5, 0.6) is 0 Å². The molecule has 2 aromatic carbocycles.